The second kappa shape index (κ2) is 5.59. The highest BCUT2D eigenvalue weighted by atomic mass is 127. The van der Waals surface area contributed by atoms with Gasteiger partial charge in [-0.05, 0) is 46.9 Å². The van der Waals surface area contributed by atoms with Crippen LogP contribution in [0.15, 0.2) is 48.5 Å². The van der Waals surface area contributed by atoms with Crippen LogP contribution in [0.1, 0.15) is 0 Å². The van der Waals surface area contributed by atoms with Crippen molar-refractivity contribution >= 4 is 50.9 Å². The Kier molecular flexibility index (Phi) is 3.66. The Morgan fingerprint density at radius 3 is 2.50 bits per heavy atom. The number of nitrogens with one attached hydrogen (secondary N) is 2. The van der Waals surface area contributed by atoms with Crippen molar-refractivity contribution in [2.45, 2.75) is 0 Å². The van der Waals surface area contributed by atoms with E-state index in [-0.39, 0.29) is 0 Å². The van der Waals surface area contributed by atoms with E-state index in [2.05, 4.69) is 43.3 Å². The Morgan fingerprint density at radius 2 is 1.70 bits per heavy atom. The number of anilines is 3. The molecule has 4 N–H and O–H groups in total. The van der Waals surface area contributed by atoms with Crippen LogP contribution in [0.5, 0.6) is 0 Å². The lowest BCUT2D eigenvalue weighted by Gasteiger charge is -2.11. The molecule has 3 aromatic rings. The first kappa shape index (κ1) is 13.1. The van der Waals surface area contributed by atoms with Crippen molar-refractivity contribution in [1.82, 2.24) is 9.97 Å². The minimum Gasteiger partial charge on any atom is -0.339 e. The summed E-state index contributed by atoms with van der Waals surface area (Å²) < 4.78 is 1.12. The fourth-order valence-electron chi connectivity index (χ4n) is 1.93. The summed E-state index contributed by atoms with van der Waals surface area (Å²) >= 11 is 2.28. The average molecular weight is 377 g/mol. The predicted molar refractivity (Wildman–Crippen MR) is 89.8 cm³/mol. The van der Waals surface area contributed by atoms with Gasteiger partial charge in [0.2, 0.25) is 5.95 Å². The number of nitrogen functional groups attached to an aromatic ring is 1. The summed E-state index contributed by atoms with van der Waals surface area (Å²) in [6.45, 7) is 0. The number of fused-ring (bicyclic) bond motifs is 1. The number of nitrogens with zero attached hydrogens (tertiary/aromatic N) is 2. The third-order valence-electron chi connectivity index (χ3n) is 2.86. The zero-order valence-electron chi connectivity index (χ0n) is 10.5. The Morgan fingerprint density at radius 1 is 0.950 bits per heavy atom. The van der Waals surface area contributed by atoms with E-state index in [4.69, 9.17) is 5.84 Å². The summed E-state index contributed by atoms with van der Waals surface area (Å²) in [6.07, 6.45) is 0. The Bertz CT molecular complexity index is 759. The second-order valence-electron chi connectivity index (χ2n) is 4.16. The van der Waals surface area contributed by atoms with Gasteiger partial charge in [-0.25, -0.2) is 10.8 Å². The summed E-state index contributed by atoms with van der Waals surface area (Å²) in [5.74, 6) is 6.54. The molecule has 3 rings (SSSR count). The third kappa shape index (κ3) is 2.52. The molecule has 0 bridgehead atoms. The average Bonchev–Trinajstić information content (AvgIpc) is 2.49. The molecular weight excluding hydrogens is 365 g/mol. The third-order valence-corrected chi connectivity index (χ3v) is 3.80. The van der Waals surface area contributed by atoms with Crippen molar-refractivity contribution in [3.8, 4) is 0 Å². The monoisotopic (exact) mass is 377 g/mol. The van der Waals surface area contributed by atoms with E-state index < -0.39 is 0 Å². The number of hydrogen-bond donors (Lipinski definition) is 3. The van der Waals surface area contributed by atoms with Gasteiger partial charge >= 0.3 is 0 Å². The Labute approximate surface area is 129 Å². The number of aromatic nitrogens is 2. The highest BCUT2D eigenvalue weighted by Crippen LogP contribution is 2.27. The van der Waals surface area contributed by atoms with Crippen molar-refractivity contribution < 1.29 is 0 Å². The number of para-hydroxylation sites is 2. The molecule has 5 nitrogen and oxygen atoms in total. The molecular formula is C14H12IN5. The van der Waals surface area contributed by atoms with Gasteiger partial charge in [0.05, 0.1) is 11.2 Å². The van der Waals surface area contributed by atoms with Crippen molar-refractivity contribution in [2.24, 2.45) is 5.84 Å². The first-order valence-corrected chi connectivity index (χ1v) is 7.11. The summed E-state index contributed by atoms with van der Waals surface area (Å²) in [7, 11) is 0. The molecule has 0 spiro atoms. The first-order chi connectivity index (χ1) is 9.78. The summed E-state index contributed by atoms with van der Waals surface area (Å²) in [4.78, 5) is 8.72. The maximum Gasteiger partial charge on any atom is 0.239 e. The van der Waals surface area contributed by atoms with Gasteiger partial charge in [0.15, 0.2) is 0 Å². The largest absolute Gasteiger partial charge is 0.339 e. The van der Waals surface area contributed by atoms with Crippen LogP contribution in [-0.4, -0.2) is 9.97 Å². The molecule has 1 heterocycles. The Hall–Kier alpha value is -1.93. The highest BCUT2D eigenvalue weighted by molar-refractivity contribution is 14.1. The van der Waals surface area contributed by atoms with Crippen molar-refractivity contribution in [3.05, 3.63) is 52.1 Å². The molecule has 0 saturated carbocycles. The van der Waals surface area contributed by atoms with Gasteiger partial charge in [-0.15, -0.1) is 0 Å². The minimum atomic E-state index is 0.386. The van der Waals surface area contributed by atoms with E-state index in [0.717, 1.165) is 26.0 Å². The maximum atomic E-state index is 5.43. The van der Waals surface area contributed by atoms with Crippen LogP contribution in [0, 0.1) is 3.57 Å². The number of rotatable bonds is 3. The van der Waals surface area contributed by atoms with E-state index in [1.54, 1.807) is 0 Å². The number of benzene rings is 2. The number of nitrogens with two attached hydrogens (primary N) is 1. The molecule has 0 atom stereocenters. The molecule has 0 unspecified atom stereocenters. The molecule has 6 heteroatoms. The fraction of sp³-hybridized carbons (Fsp3) is 0. The molecule has 20 heavy (non-hydrogen) atoms. The van der Waals surface area contributed by atoms with Crippen LogP contribution in [-0.2, 0) is 0 Å². The zero-order chi connectivity index (χ0) is 13.9. The summed E-state index contributed by atoms with van der Waals surface area (Å²) in [6, 6.07) is 15.8. The van der Waals surface area contributed by atoms with Gasteiger partial charge < -0.3 is 5.32 Å². The zero-order valence-corrected chi connectivity index (χ0v) is 12.6. The first-order valence-electron chi connectivity index (χ1n) is 6.03. The standard InChI is InChI=1S/C14H12IN5/c15-10-6-2-4-8-12(10)17-13-9-5-1-3-7-11(9)18-14(19-13)20-16/h1-8H,16H2,(H2,17,18,19,20). The molecule has 0 aliphatic rings. The van der Waals surface area contributed by atoms with Crippen LogP contribution in [0.3, 0.4) is 0 Å². The van der Waals surface area contributed by atoms with Gasteiger partial charge in [-0.3, -0.25) is 5.43 Å². The predicted octanol–water partition coefficient (Wildman–Crippen LogP) is 3.26. The van der Waals surface area contributed by atoms with Crippen molar-refractivity contribution in [3.63, 3.8) is 0 Å². The van der Waals surface area contributed by atoms with Gasteiger partial charge in [0.1, 0.15) is 5.82 Å². The van der Waals surface area contributed by atoms with Gasteiger partial charge in [-0.1, -0.05) is 24.3 Å². The smallest absolute Gasteiger partial charge is 0.239 e. The van der Waals surface area contributed by atoms with Gasteiger partial charge in [0, 0.05) is 8.96 Å². The lowest BCUT2D eigenvalue weighted by molar-refractivity contribution is 1.15. The van der Waals surface area contributed by atoms with Gasteiger partial charge in [0.25, 0.3) is 0 Å². The minimum absolute atomic E-state index is 0.386. The van der Waals surface area contributed by atoms with Crippen LogP contribution in [0.4, 0.5) is 17.5 Å². The van der Waals surface area contributed by atoms with Crippen molar-refractivity contribution in [1.29, 1.82) is 0 Å². The molecule has 0 radical (unpaired) electrons. The molecule has 2 aromatic carbocycles. The van der Waals surface area contributed by atoms with E-state index in [0.29, 0.717) is 5.95 Å². The molecule has 0 saturated heterocycles. The highest BCUT2D eigenvalue weighted by Gasteiger charge is 2.08. The quantitative estimate of drug-likeness (QED) is 0.371. The van der Waals surface area contributed by atoms with Crippen LogP contribution in [0.25, 0.3) is 10.9 Å². The summed E-state index contributed by atoms with van der Waals surface area (Å²) in [5, 5.41) is 4.29. The molecule has 0 fully saturated rings. The van der Waals surface area contributed by atoms with Crippen molar-refractivity contribution in [2.75, 3.05) is 10.7 Å². The topological polar surface area (TPSA) is 75.9 Å². The van der Waals surface area contributed by atoms with E-state index in [9.17, 15) is 0 Å². The Balaban J connectivity index is 2.13. The normalized spacial score (nSPS) is 10.5. The SMILES string of the molecule is NNc1nc(Nc2ccccc2I)c2ccccc2n1. The number of halogens is 1. The molecule has 1 aromatic heterocycles. The molecule has 100 valence electrons. The number of hydrogen-bond acceptors (Lipinski definition) is 5. The van der Waals surface area contributed by atoms with Crippen LogP contribution >= 0.6 is 22.6 Å². The van der Waals surface area contributed by atoms with E-state index in [1.165, 1.54) is 0 Å². The molecule has 0 aliphatic carbocycles. The van der Waals surface area contributed by atoms with Gasteiger partial charge in [-0.2, -0.15) is 4.98 Å². The second-order valence-corrected chi connectivity index (χ2v) is 5.32. The van der Waals surface area contributed by atoms with Crippen LogP contribution in [0.2, 0.25) is 0 Å². The van der Waals surface area contributed by atoms with E-state index >= 15 is 0 Å². The molecule has 0 amide bonds. The fourth-order valence-corrected chi connectivity index (χ4v) is 2.45. The van der Waals surface area contributed by atoms with Crippen LogP contribution < -0.4 is 16.6 Å². The lowest BCUT2D eigenvalue weighted by Crippen LogP contribution is -2.11. The number of hydrazine groups is 1. The summed E-state index contributed by atoms with van der Waals surface area (Å²) in [5.41, 5.74) is 4.33. The van der Waals surface area contributed by atoms with E-state index in [1.807, 2.05) is 48.5 Å². The maximum absolute atomic E-state index is 5.43. The lowest BCUT2D eigenvalue weighted by atomic mass is 10.2. The molecule has 0 aliphatic heterocycles.